The van der Waals surface area contributed by atoms with E-state index in [0.29, 0.717) is 17.4 Å². The van der Waals surface area contributed by atoms with Crippen LogP contribution in [0, 0.1) is 0 Å². The number of aryl methyl sites for hydroxylation is 1. The highest BCUT2D eigenvalue weighted by atomic mass is 16.5. The van der Waals surface area contributed by atoms with Gasteiger partial charge in [-0.1, -0.05) is 0 Å². The smallest absolute Gasteiger partial charge is 0.201 e. The van der Waals surface area contributed by atoms with Crippen LogP contribution in [0.1, 0.15) is 6.92 Å². The Labute approximate surface area is 93.8 Å². The van der Waals surface area contributed by atoms with E-state index in [-0.39, 0.29) is 0 Å². The number of methoxy groups -OCH3 is 2. The van der Waals surface area contributed by atoms with Crippen LogP contribution in [0.15, 0.2) is 12.1 Å². The zero-order valence-corrected chi connectivity index (χ0v) is 9.65. The van der Waals surface area contributed by atoms with Gasteiger partial charge in [0.2, 0.25) is 5.95 Å². The van der Waals surface area contributed by atoms with Crippen molar-refractivity contribution in [1.29, 1.82) is 0 Å². The molecule has 0 radical (unpaired) electrons. The van der Waals surface area contributed by atoms with Gasteiger partial charge in [0, 0.05) is 18.7 Å². The number of hydrogen-bond donors (Lipinski definition) is 1. The number of aromatic nitrogens is 2. The highest BCUT2D eigenvalue weighted by Gasteiger charge is 2.12. The number of anilines is 1. The molecule has 1 aromatic heterocycles. The molecule has 86 valence electrons. The first-order chi connectivity index (χ1) is 7.71. The number of nitrogen functional groups attached to an aromatic ring is 1. The van der Waals surface area contributed by atoms with Gasteiger partial charge < -0.3 is 19.8 Å². The average molecular weight is 221 g/mol. The van der Waals surface area contributed by atoms with Crippen LogP contribution in [0.4, 0.5) is 5.95 Å². The number of imidazole rings is 1. The second-order valence-electron chi connectivity index (χ2n) is 3.41. The first-order valence-electron chi connectivity index (χ1n) is 5.09. The fourth-order valence-electron chi connectivity index (χ4n) is 1.80. The lowest BCUT2D eigenvalue weighted by atomic mass is 10.2. The normalized spacial score (nSPS) is 10.7. The highest BCUT2D eigenvalue weighted by Crippen LogP contribution is 2.32. The molecule has 0 atom stereocenters. The largest absolute Gasteiger partial charge is 0.493 e. The van der Waals surface area contributed by atoms with E-state index in [1.54, 1.807) is 14.2 Å². The number of nitrogens with zero attached hydrogens (tertiary/aromatic N) is 2. The van der Waals surface area contributed by atoms with Crippen LogP contribution < -0.4 is 15.2 Å². The SMILES string of the molecule is CCn1c(N)nc2cc(OC)c(OC)cc21. The molecule has 2 N–H and O–H groups in total. The van der Waals surface area contributed by atoms with E-state index in [1.807, 2.05) is 23.6 Å². The summed E-state index contributed by atoms with van der Waals surface area (Å²) in [5.41, 5.74) is 7.59. The van der Waals surface area contributed by atoms with E-state index in [1.165, 1.54) is 0 Å². The van der Waals surface area contributed by atoms with Crippen LogP contribution in [-0.2, 0) is 6.54 Å². The number of ether oxygens (including phenoxy) is 2. The van der Waals surface area contributed by atoms with Gasteiger partial charge in [-0.2, -0.15) is 0 Å². The Bertz CT molecular complexity index is 519. The van der Waals surface area contributed by atoms with Gasteiger partial charge in [-0.05, 0) is 6.92 Å². The minimum absolute atomic E-state index is 0.507. The van der Waals surface area contributed by atoms with Gasteiger partial charge in [-0.25, -0.2) is 4.98 Å². The van der Waals surface area contributed by atoms with Crippen molar-refractivity contribution in [3.8, 4) is 11.5 Å². The minimum Gasteiger partial charge on any atom is -0.493 e. The molecule has 0 aliphatic rings. The molecule has 1 heterocycles. The molecule has 0 aliphatic heterocycles. The molecule has 0 amide bonds. The van der Waals surface area contributed by atoms with Crippen molar-refractivity contribution >= 4 is 17.0 Å². The Balaban J connectivity index is 2.73. The molecule has 1 aromatic carbocycles. The van der Waals surface area contributed by atoms with E-state index >= 15 is 0 Å². The summed E-state index contributed by atoms with van der Waals surface area (Å²) in [6.45, 7) is 2.80. The maximum atomic E-state index is 5.82. The fraction of sp³-hybridized carbons (Fsp3) is 0.364. The quantitative estimate of drug-likeness (QED) is 0.856. The van der Waals surface area contributed by atoms with E-state index < -0.39 is 0 Å². The van der Waals surface area contributed by atoms with Crippen LogP contribution >= 0.6 is 0 Å². The van der Waals surface area contributed by atoms with Gasteiger partial charge in [0.25, 0.3) is 0 Å². The van der Waals surface area contributed by atoms with Gasteiger partial charge in [-0.15, -0.1) is 0 Å². The first kappa shape index (κ1) is 10.6. The molecular weight excluding hydrogens is 206 g/mol. The van der Waals surface area contributed by atoms with Gasteiger partial charge >= 0.3 is 0 Å². The topological polar surface area (TPSA) is 62.3 Å². The Hall–Kier alpha value is -1.91. The molecule has 0 unspecified atom stereocenters. The second-order valence-corrected chi connectivity index (χ2v) is 3.41. The van der Waals surface area contributed by atoms with E-state index in [4.69, 9.17) is 15.2 Å². The summed E-state index contributed by atoms with van der Waals surface area (Å²) in [6.07, 6.45) is 0. The van der Waals surface area contributed by atoms with E-state index in [9.17, 15) is 0 Å². The Morgan fingerprint density at radius 2 is 1.88 bits per heavy atom. The molecule has 16 heavy (non-hydrogen) atoms. The zero-order chi connectivity index (χ0) is 11.7. The fourth-order valence-corrected chi connectivity index (χ4v) is 1.80. The maximum Gasteiger partial charge on any atom is 0.201 e. The zero-order valence-electron chi connectivity index (χ0n) is 9.65. The summed E-state index contributed by atoms with van der Waals surface area (Å²) in [6, 6.07) is 3.72. The third kappa shape index (κ3) is 1.44. The average Bonchev–Trinajstić information content (AvgIpc) is 2.61. The highest BCUT2D eigenvalue weighted by molar-refractivity contribution is 5.82. The Kier molecular flexibility index (Phi) is 2.60. The lowest BCUT2D eigenvalue weighted by Gasteiger charge is -2.08. The van der Waals surface area contributed by atoms with Crippen molar-refractivity contribution in [3.05, 3.63) is 12.1 Å². The standard InChI is InChI=1S/C11H15N3O2/c1-4-14-8-6-10(16-3)9(15-2)5-7(8)13-11(14)12/h5-6H,4H2,1-3H3,(H2,12,13). The third-order valence-electron chi connectivity index (χ3n) is 2.60. The Morgan fingerprint density at radius 1 is 1.25 bits per heavy atom. The predicted molar refractivity (Wildman–Crippen MR) is 62.9 cm³/mol. The van der Waals surface area contributed by atoms with E-state index in [0.717, 1.165) is 17.6 Å². The molecule has 0 saturated heterocycles. The minimum atomic E-state index is 0.507. The van der Waals surface area contributed by atoms with Crippen molar-refractivity contribution in [3.63, 3.8) is 0 Å². The number of rotatable bonds is 3. The van der Waals surface area contributed by atoms with Crippen LogP contribution in [0.25, 0.3) is 11.0 Å². The predicted octanol–water partition coefficient (Wildman–Crippen LogP) is 1.66. The van der Waals surface area contributed by atoms with Gasteiger partial charge in [0.05, 0.1) is 25.3 Å². The molecule has 5 nitrogen and oxygen atoms in total. The second kappa shape index (κ2) is 3.92. The van der Waals surface area contributed by atoms with E-state index in [2.05, 4.69) is 4.98 Å². The van der Waals surface area contributed by atoms with Gasteiger partial charge in [-0.3, -0.25) is 0 Å². The summed E-state index contributed by atoms with van der Waals surface area (Å²) < 4.78 is 12.4. The molecule has 0 aliphatic carbocycles. The summed E-state index contributed by atoms with van der Waals surface area (Å²) in [5, 5.41) is 0. The number of benzene rings is 1. The molecule has 0 fully saturated rings. The van der Waals surface area contributed by atoms with Crippen molar-refractivity contribution in [2.45, 2.75) is 13.5 Å². The summed E-state index contributed by atoms with van der Waals surface area (Å²) in [5.74, 6) is 1.85. The monoisotopic (exact) mass is 221 g/mol. The maximum absolute atomic E-state index is 5.82. The first-order valence-corrected chi connectivity index (χ1v) is 5.09. The number of nitrogens with two attached hydrogens (primary N) is 1. The van der Waals surface area contributed by atoms with Crippen LogP contribution in [0.3, 0.4) is 0 Å². The molecule has 5 heteroatoms. The third-order valence-corrected chi connectivity index (χ3v) is 2.60. The Morgan fingerprint density at radius 3 is 2.44 bits per heavy atom. The van der Waals surface area contributed by atoms with Crippen molar-refractivity contribution in [1.82, 2.24) is 9.55 Å². The molecule has 2 aromatic rings. The van der Waals surface area contributed by atoms with Gasteiger partial charge in [0.1, 0.15) is 0 Å². The van der Waals surface area contributed by atoms with Crippen molar-refractivity contribution in [2.24, 2.45) is 0 Å². The lowest BCUT2D eigenvalue weighted by molar-refractivity contribution is 0.355. The molecule has 0 bridgehead atoms. The van der Waals surface area contributed by atoms with Crippen molar-refractivity contribution < 1.29 is 9.47 Å². The summed E-state index contributed by atoms with van der Waals surface area (Å²) >= 11 is 0. The van der Waals surface area contributed by atoms with Crippen molar-refractivity contribution in [2.75, 3.05) is 20.0 Å². The van der Waals surface area contributed by atoms with Gasteiger partial charge in [0.15, 0.2) is 11.5 Å². The molecule has 2 rings (SSSR count). The molecule has 0 spiro atoms. The number of hydrogen-bond acceptors (Lipinski definition) is 4. The van der Waals surface area contributed by atoms with Crippen LogP contribution in [0.2, 0.25) is 0 Å². The summed E-state index contributed by atoms with van der Waals surface area (Å²) in [7, 11) is 3.21. The molecular formula is C11H15N3O2. The molecule has 0 saturated carbocycles. The summed E-state index contributed by atoms with van der Waals surface area (Å²) in [4.78, 5) is 4.27. The lowest BCUT2D eigenvalue weighted by Crippen LogP contribution is -2.00. The van der Waals surface area contributed by atoms with Crippen LogP contribution in [0.5, 0.6) is 11.5 Å². The van der Waals surface area contributed by atoms with Crippen LogP contribution in [-0.4, -0.2) is 23.8 Å². The number of fused-ring (bicyclic) bond motifs is 1.